The minimum absolute atomic E-state index is 0.659. The van der Waals surface area contributed by atoms with Gasteiger partial charge in [0.05, 0.1) is 5.69 Å². The lowest BCUT2D eigenvalue weighted by molar-refractivity contribution is 0.347. The van der Waals surface area contributed by atoms with Crippen LogP contribution in [0.3, 0.4) is 0 Å². The van der Waals surface area contributed by atoms with Crippen molar-refractivity contribution in [2.75, 3.05) is 6.54 Å². The van der Waals surface area contributed by atoms with Crippen LogP contribution >= 0.6 is 11.6 Å². The van der Waals surface area contributed by atoms with Crippen molar-refractivity contribution >= 4 is 11.6 Å². The summed E-state index contributed by atoms with van der Waals surface area (Å²) in [5, 5.41) is 8.75. The van der Waals surface area contributed by atoms with Crippen molar-refractivity contribution in [2.24, 2.45) is 13.0 Å². The van der Waals surface area contributed by atoms with Gasteiger partial charge >= 0.3 is 0 Å². The van der Waals surface area contributed by atoms with E-state index in [0.717, 1.165) is 48.9 Å². The van der Waals surface area contributed by atoms with E-state index >= 15 is 0 Å². The summed E-state index contributed by atoms with van der Waals surface area (Å²) in [6.45, 7) is 4.97. The molecule has 0 fully saturated rings. The number of fused-ring (bicyclic) bond motifs is 1. The molecule has 114 valence electrons. The molecule has 21 heavy (non-hydrogen) atoms. The van der Waals surface area contributed by atoms with Gasteiger partial charge in [-0.3, -0.25) is 4.68 Å². The van der Waals surface area contributed by atoms with Gasteiger partial charge in [0.15, 0.2) is 0 Å². The average Bonchev–Trinajstić information content (AvgIpc) is 3.05. The first kappa shape index (κ1) is 14.6. The van der Waals surface area contributed by atoms with Crippen molar-refractivity contribution in [3.05, 3.63) is 34.6 Å². The minimum atomic E-state index is 0.659. The summed E-state index contributed by atoms with van der Waals surface area (Å²) < 4.78 is 4.03. The number of aromatic nitrogens is 4. The second kappa shape index (κ2) is 6.20. The minimum Gasteiger partial charge on any atom is -0.335 e. The van der Waals surface area contributed by atoms with Gasteiger partial charge in [0, 0.05) is 44.5 Å². The van der Waals surface area contributed by atoms with Gasteiger partial charge in [0.1, 0.15) is 11.0 Å². The predicted octanol–water partition coefficient (Wildman–Crippen LogP) is 2.18. The Balaban J connectivity index is 1.55. The number of hydrogen-bond acceptors (Lipinski definition) is 3. The Morgan fingerprint density at radius 1 is 1.48 bits per heavy atom. The fraction of sp³-hybridized carbons (Fsp3) is 0.600. The number of halogens is 1. The number of nitrogens with one attached hydrogen (secondary N) is 1. The second-order valence-corrected chi connectivity index (χ2v) is 6.08. The van der Waals surface area contributed by atoms with Crippen LogP contribution in [0.25, 0.3) is 0 Å². The lowest BCUT2D eigenvalue weighted by Crippen LogP contribution is -2.29. The van der Waals surface area contributed by atoms with Gasteiger partial charge in [-0.1, -0.05) is 18.5 Å². The molecule has 6 heteroatoms. The van der Waals surface area contributed by atoms with Crippen LogP contribution in [0.5, 0.6) is 0 Å². The molecule has 3 rings (SSSR count). The SMILES string of the molecule is CCc1nn(C)c(Cl)c1CNC[C@@H]1CCc2nccn2C1. The maximum Gasteiger partial charge on any atom is 0.131 e. The van der Waals surface area contributed by atoms with Crippen molar-refractivity contribution in [1.82, 2.24) is 24.6 Å². The molecule has 1 aliphatic heterocycles. The number of rotatable bonds is 5. The van der Waals surface area contributed by atoms with E-state index in [-0.39, 0.29) is 0 Å². The van der Waals surface area contributed by atoms with E-state index in [1.54, 1.807) is 4.68 Å². The molecule has 0 bridgehead atoms. The highest BCUT2D eigenvalue weighted by Gasteiger charge is 2.19. The Morgan fingerprint density at radius 2 is 2.33 bits per heavy atom. The molecule has 0 saturated heterocycles. The van der Waals surface area contributed by atoms with Gasteiger partial charge < -0.3 is 9.88 Å². The molecule has 5 nitrogen and oxygen atoms in total. The Morgan fingerprint density at radius 3 is 3.14 bits per heavy atom. The molecule has 1 aliphatic rings. The van der Waals surface area contributed by atoms with E-state index in [0.29, 0.717) is 5.92 Å². The van der Waals surface area contributed by atoms with E-state index in [9.17, 15) is 0 Å². The first-order chi connectivity index (χ1) is 10.2. The van der Waals surface area contributed by atoms with Crippen LogP contribution in [-0.2, 0) is 33.0 Å². The average molecular weight is 308 g/mol. The zero-order valence-corrected chi connectivity index (χ0v) is 13.4. The quantitative estimate of drug-likeness (QED) is 0.921. The summed E-state index contributed by atoms with van der Waals surface area (Å²) in [7, 11) is 1.90. The monoisotopic (exact) mass is 307 g/mol. The zero-order valence-electron chi connectivity index (χ0n) is 12.6. The first-order valence-corrected chi connectivity index (χ1v) is 7.97. The predicted molar refractivity (Wildman–Crippen MR) is 83.3 cm³/mol. The highest BCUT2D eigenvalue weighted by atomic mass is 35.5. The normalized spacial score (nSPS) is 18.0. The molecule has 2 aromatic rings. The van der Waals surface area contributed by atoms with Gasteiger partial charge in [-0.2, -0.15) is 5.10 Å². The summed E-state index contributed by atoms with van der Waals surface area (Å²) >= 11 is 6.31. The largest absolute Gasteiger partial charge is 0.335 e. The number of hydrogen-bond donors (Lipinski definition) is 1. The molecular weight excluding hydrogens is 286 g/mol. The van der Waals surface area contributed by atoms with Crippen LogP contribution in [0.4, 0.5) is 0 Å². The number of nitrogens with zero attached hydrogens (tertiary/aromatic N) is 4. The number of imidazole rings is 1. The van der Waals surface area contributed by atoms with Crippen LogP contribution in [0.15, 0.2) is 12.4 Å². The Kier molecular flexibility index (Phi) is 4.31. The zero-order chi connectivity index (χ0) is 14.8. The number of aryl methyl sites for hydroxylation is 3. The maximum atomic E-state index is 6.31. The summed E-state index contributed by atoms with van der Waals surface area (Å²) in [5.74, 6) is 1.88. The molecule has 0 spiro atoms. The van der Waals surface area contributed by atoms with Gasteiger partial charge in [0.25, 0.3) is 0 Å². The highest BCUT2D eigenvalue weighted by Crippen LogP contribution is 2.21. The molecule has 2 aromatic heterocycles. The molecule has 0 radical (unpaired) electrons. The van der Waals surface area contributed by atoms with E-state index in [1.807, 2.05) is 13.2 Å². The van der Waals surface area contributed by atoms with Crippen LogP contribution < -0.4 is 5.32 Å². The smallest absolute Gasteiger partial charge is 0.131 e. The lowest BCUT2D eigenvalue weighted by atomic mass is 9.99. The van der Waals surface area contributed by atoms with E-state index in [2.05, 4.69) is 33.1 Å². The second-order valence-electron chi connectivity index (χ2n) is 5.72. The van der Waals surface area contributed by atoms with Crippen LogP contribution in [0, 0.1) is 5.92 Å². The van der Waals surface area contributed by atoms with E-state index < -0.39 is 0 Å². The van der Waals surface area contributed by atoms with E-state index in [4.69, 9.17) is 11.6 Å². The molecule has 1 atom stereocenters. The molecular formula is C15H22ClN5. The lowest BCUT2D eigenvalue weighted by Gasteiger charge is -2.24. The molecule has 0 aromatic carbocycles. The Hall–Kier alpha value is -1.33. The van der Waals surface area contributed by atoms with Crippen molar-refractivity contribution in [2.45, 2.75) is 39.3 Å². The molecule has 3 heterocycles. The maximum absolute atomic E-state index is 6.31. The molecule has 1 N–H and O–H groups in total. The van der Waals surface area contributed by atoms with Crippen molar-refractivity contribution < 1.29 is 0 Å². The molecule has 0 saturated carbocycles. The summed E-state index contributed by atoms with van der Waals surface area (Å²) in [4.78, 5) is 4.37. The third-order valence-electron chi connectivity index (χ3n) is 4.25. The Labute approximate surface area is 130 Å². The highest BCUT2D eigenvalue weighted by molar-refractivity contribution is 6.30. The van der Waals surface area contributed by atoms with Crippen molar-refractivity contribution in [3.8, 4) is 0 Å². The summed E-state index contributed by atoms with van der Waals surface area (Å²) in [6.07, 6.45) is 7.17. The topological polar surface area (TPSA) is 47.7 Å². The van der Waals surface area contributed by atoms with Crippen LogP contribution in [-0.4, -0.2) is 25.9 Å². The first-order valence-electron chi connectivity index (χ1n) is 7.60. The molecule has 0 amide bonds. The fourth-order valence-electron chi connectivity index (χ4n) is 3.06. The van der Waals surface area contributed by atoms with Gasteiger partial charge in [-0.15, -0.1) is 0 Å². The molecule has 0 aliphatic carbocycles. The van der Waals surface area contributed by atoms with E-state index in [1.165, 1.54) is 12.2 Å². The summed E-state index contributed by atoms with van der Waals surface area (Å²) in [6, 6.07) is 0. The van der Waals surface area contributed by atoms with Crippen LogP contribution in [0.1, 0.15) is 30.4 Å². The van der Waals surface area contributed by atoms with Gasteiger partial charge in [-0.25, -0.2) is 4.98 Å². The Bertz CT molecular complexity index is 616. The van der Waals surface area contributed by atoms with Crippen LogP contribution in [0.2, 0.25) is 5.15 Å². The third kappa shape index (κ3) is 2.99. The van der Waals surface area contributed by atoms with Gasteiger partial charge in [0.2, 0.25) is 0 Å². The summed E-state index contributed by atoms with van der Waals surface area (Å²) in [5.41, 5.74) is 2.23. The van der Waals surface area contributed by atoms with Crippen molar-refractivity contribution in [3.63, 3.8) is 0 Å². The standard InChI is InChI=1S/C15H22ClN5/c1-3-13-12(15(16)20(2)19-13)9-17-8-11-4-5-14-18-6-7-21(14)10-11/h6-7,11,17H,3-5,8-10H2,1-2H3/t11-/m0/s1. The third-order valence-corrected chi connectivity index (χ3v) is 4.73. The van der Waals surface area contributed by atoms with Crippen molar-refractivity contribution in [1.29, 1.82) is 0 Å². The molecule has 0 unspecified atom stereocenters. The fourth-order valence-corrected chi connectivity index (χ4v) is 3.28. The van der Waals surface area contributed by atoms with Gasteiger partial charge in [-0.05, 0) is 25.3 Å².